The zero-order valence-electron chi connectivity index (χ0n) is 17.1. The smallest absolute Gasteiger partial charge is 0.434 e. The second-order valence-electron chi connectivity index (χ2n) is 7.62. The summed E-state index contributed by atoms with van der Waals surface area (Å²) < 4.78 is 9.76. The van der Waals surface area contributed by atoms with E-state index in [2.05, 4.69) is 0 Å². The van der Waals surface area contributed by atoms with E-state index in [0.717, 1.165) is 32.1 Å². The molecule has 2 fully saturated rings. The van der Waals surface area contributed by atoms with Crippen molar-refractivity contribution >= 4 is 18.0 Å². The van der Waals surface area contributed by atoms with E-state index in [1.54, 1.807) is 36.1 Å². The lowest BCUT2D eigenvalue weighted by atomic mass is 9.88. The number of rotatable bonds is 4. The number of carbonyl (C=O) groups is 3. The molecule has 2 amide bonds. The largest absolute Gasteiger partial charge is 0.513 e. The van der Waals surface area contributed by atoms with Gasteiger partial charge in [0.15, 0.2) is 0 Å². The molecule has 0 radical (unpaired) electrons. The molecular formula is C22H30N2O5. The Bertz CT molecular complexity index is 712. The van der Waals surface area contributed by atoms with E-state index < -0.39 is 6.16 Å². The van der Waals surface area contributed by atoms with Crippen LogP contribution in [0.3, 0.4) is 0 Å². The number of ether oxygens (including phenoxy) is 2. The van der Waals surface area contributed by atoms with Crippen LogP contribution >= 0.6 is 0 Å². The Hall–Kier alpha value is -2.57. The van der Waals surface area contributed by atoms with Gasteiger partial charge in [-0.05, 0) is 50.5 Å². The molecule has 0 spiro atoms. The Morgan fingerprint density at radius 2 is 1.55 bits per heavy atom. The summed E-state index contributed by atoms with van der Waals surface area (Å²) in [7, 11) is 0. The van der Waals surface area contributed by atoms with E-state index in [-0.39, 0.29) is 24.3 Å². The van der Waals surface area contributed by atoms with Gasteiger partial charge in [-0.3, -0.25) is 9.59 Å². The second kappa shape index (κ2) is 10.3. The van der Waals surface area contributed by atoms with E-state index in [9.17, 15) is 14.4 Å². The van der Waals surface area contributed by atoms with Crippen molar-refractivity contribution < 1.29 is 23.9 Å². The number of hydrogen-bond acceptors (Lipinski definition) is 5. The van der Waals surface area contributed by atoms with Gasteiger partial charge in [0.25, 0.3) is 5.91 Å². The number of hydrogen-bond donors (Lipinski definition) is 0. The maximum absolute atomic E-state index is 12.9. The number of benzene rings is 1. The Balaban J connectivity index is 1.54. The minimum Gasteiger partial charge on any atom is -0.434 e. The molecular weight excluding hydrogens is 372 g/mol. The highest BCUT2D eigenvalue weighted by Crippen LogP contribution is 2.26. The first-order valence-corrected chi connectivity index (χ1v) is 10.6. The van der Waals surface area contributed by atoms with Crippen LogP contribution in [0.4, 0.5) is 4.79 Å². The van der Waals surface area contributed by atoms with Crippen LogP contribution in [0.1, 0.15) is 55.8 Å². The molecule has 7 heteroatoms. The van der Waals surface area contributed by atoms with Crippen LogP contribution in [0.2, 0.25) is 0 Å². The van der Waals surface area contributed by atoms with Crippen molar-refractivity contribution in [2.75, 3.05) is 32.8 Å². The number of nitrogens with zero attached hydrogens (tertiary/aromatic N) is 2. The van der Waals surface area contributed by atoms with Crippen LogP contribution in [0, 0.1) is 5.92 Å². The third-order valence-electron chi connectivity index (χ3n) is 5.61. The Labute approximate surface area is 171 Å². The van der Waals surface area contributed by atoms with Gasteiger partial charge in [-0.1, -0.05) is 19.3 Å². The van der Waals surface area contributed by atoms with Crippen molar-refractivity contribution in [2.45, 2.75) is 45.4 Å². The average molecular weight is 402 g/mol. The Morgan fingerprint density at radius 1 is 0.897 bits per heavy atom. The normalized spacial score (nSPS) is 18.1. The third kappa shape index (κ3) is 5.71. The average Bonchev–Trinajstić information content (AvgIpc) is 3.00. The van der Waals surface area contributed by atoms with Gasteiger partial charge in [0.05, 0.1) is 6.61 Å². The highest BCUT2D eigenvalue weighted by molar-refractivity contribution is 5.94. The molecule has 1 saturated carbocycles. The maximum atomic E-state index is 12.9. The fraction of sp³-hybridized carbons (Fsp3) is 0.591. The first kappa shape index (κ1) is 21.1. The molecule has 0 atom stereocenters. The molecule has 7 nitrogen and oxygen atoms in total. The van der Waals surface area contributed by atoms with Crippen LogP contribution in [0.5, 0.6) is 5.75 Å². The van der Waals surface area contributed by atoms with Gasteiger partial charge in [0, 0.05) is 37.7 Å². The van der Waals surface area contributed by atoms with E-state index in [4.69, 9.17) is 9.47 Å². The lowest BCUT2D eigenvalue weighted by Crippen LogP contribution is -2.40. The molecule has 1 aromatic carbocycles. The first-order chi connectivity index (χ1) is 14.1. The number of carbonyl (C=O) groups excluding carboxylic acids is 3. The molecule has 0 aromatic heterocycles. The lowest BCUT2D eigenvalue weighted by molar-refractivity contribution is -0.136. The predicted molar refractivity (Wildman–Crippen MR) is 108 cm³/mol. The second-order valence-corrected chi connectivity index (χ2v) is 7.62. The van der Waals surface area contributed by atoms with Crippen molar-refractivity contribution in [3.05, 3.63) is 29.8 Å². The van der Waals surface area contributed by atoms with Gasteiger partial charge in [0.2, 0.25) is 5.91 Å². The van der Waals surface area contributed by atoms with Gasteiger partial charge in [-0.2, -0.15) is 0 Å². The molecule has 1 saturated heterocycles. The summed E-state index contributed by atoms with van der Waals surface area (Å²) in [5, 5.41) is 0. The molecule has 0 unspecified atom stereocenters. The van der Waals surface area contributed by atoms with Gasteiger partial charge in [0.1, 0.15) is 5.75 Å². The fourth-order valence-electron chi connectivity index (χ4n) is 4.04. The molecule has 0 bridgehead atoms. The lowest BCUT2D eigenvalue weighted by Gasteiger charge is -2.28. The van der Waals surface area contributed by atoms with Gasteiger partial charge in [-0.15, -0.1) is 0 Å². The summed E-state index contributed by atoms with van der Waals surface area (Å²) in [6, 6.07) is 6.46. The predicted octanol–water partition coefficient (Wildman–Crippen LogP) is 3.48. The van der Waals surface area contributed by atoms with Gasteiger partial charge < -0.3 is 19.3 Å². The fourth-order valence-corrected chi connectivity index (χ4v) is 4.04. The van der Waals surface area contributed by atoms with E-state index >= 15 is 0 Å². The topological polar surface area (TPSA) is 76.2 Å². The first-order valence-electron chi connectivity index (χ1n) is 10.6. The van der Waals surface area contributed by atoms with Crippen molar-refractivity contribution in [1.29, 1.82) is 0 Å². The summed E-state index contributed by atoms with van der Waals surface area (Å²) in [5.41, 5.74) is 0.535. The third-order valence-corrected chi connectivity index (χ3v) is 5.61. The molecule has 1 aliphatic carbocycles. The quantitative estimate of drug-likeness (QED) is 0.569. The summed E-state index contributed by atoms with van der Waals surface area (Å²) in [5.74, 6) is 0.692. The molecule has 1 heterocycles. The highest BCUT2D eigenvalue weighted by atomic mass is 16.7. The van der Waals surface area contributed by atoms with Crippen LogP contribution in [-0.2, 0) is 9.53 Å². The minimum absolute atomic E-state index is 0.0698. The summed E-state index contributed by atoms with van der Waals surface area (Å²) in [6.07, 6.45) is 5.54. The van der Waals surface area contributed by atoms with Crippen LogP contribution in [0.25, 0.3) is 0 Å². The van der Waals surface area contributed by atoms with Crippen molar-refractivity contribution in [1.82, 2.24) is 9.80 Å². The Kier molecular flexibility index (Phi) is 7.49. The van der Waals surface area contributed by atoms with Crippen molar-refractivity contribution in [3.63, 3.8) is 0 Å². The summed E-state index contributed by atoms with van der Waals surface area (Å²) >= 11 is 0. The van der Waals surface area contributed by atoms with Gasteiger partial charge >= 0.3 is 6.16 Å². The minimum atomic E-state index is -0.762. The molecule has 3 rings (SSSR count). The van der Waals surface area contributed by atoms with E-state index in [0.29, 0.717) is 37.5 Å². The zero-order valence-corrected chi connectivity index (χ0v) is 17.1. The molecule has 0 N–H and O–H groups in total. The van der Waals surface area contributed by atoms with Crippen molar-refractivity contribution in [2.24, 2.45) is 5.92 Å². The molecule has 1 aromatic rings. The molecule has 2 aliphatic rings. The standard InChI is InChI=1S/C22H30N2O5/c1-2-28-22(27)29-19-11-9-18(10-12-19)21(26)24-14-6-13-23(15-16-24)20(25)17-7-4-3-5-8-17/h9-12,17H,2-8,13-16H2,1H3. The molecule has 1 aliphatic heterocycles. The Morgan fingerprint density at radius 3 is 2.24 bits per heavy atom. The van der Waals surface area contributed by atoms with Crippen LogP contribution < -0.4 is 4.74 Å². The van der Waals surface area contributed by atoms with Crippen LogP contribution in [-0.4, -0.2) is 60.6 Å². The highest BCUT2D eigenvalue weighted by Gasteiger charge is 2.28. The monoisotopic (exact) mass is 402 g/mol. The van der Waals surface area contributed by atoms with Crippen molar-refractivity contribution in [3.8, 4) is 5.75 Å². The van der Waals surface area contributed by atoms with Gasteiger partial charge in [-0.25, -0.2) is 4.79 Å². The van der Waals surface area contributed by atoms with Crippen LogP contribution in [0.15, 0.2) is 24.3 Å². The molecule has 29 heavy (non-hydrogen) atoms. The SMILES string of the molecule is CCOC(=O)Oc1ccc(C(=O)N2CCCN(C(=O)C3CCCCC3)CC2)cc1. The number of amides is 2. The zero-order chi connectivity index (χ0) is 20.6. The molecule has 158 valence electrons. The summed E-state index contributed by atoms with van der Waals surface area (Å²) in [4.78, 5) is 40.8. The van der Waals surface area contributed by atoms with E-state index in [1.165, 1.54) is 6.42 Å². The summed E-state index contributed by atoms with van der Waals surface area (Å²) in [6.45, 7) is 4.42. The maximum Gasteiger partial charge on any atom is 0.513 e. The van der Waals surface area contributed by atoms with E-state index in [1.807, 2.05) is 4.90 Å².